The van der Waals surface area contributed by atoms with Crippen LogP contribution in [0.4, 0.5) is 10.1 Å². The van der Waals surface area contributed by atoms with Crippen LogP contribution in [0.5, 0.6) is 5.75 Å². The molecule has 3 rings (SSSR count). The Hall–Kier alpha value is -3.92. The summed E-state index contributed by atoms with van der Waals surface area (Å²) in [5, 5.41) is 2.58. The zero-order valence-corrected chi connectivity index (χ0v) is 22.4. The van der Waals surface area contributed by atoms with Gasteiger partial charge in [-0.1, -0.05) is 60.7 Å². The van der Waals surface area contributed by atoms with Crippen molar-refractivity contribution in [3.8, 4) is 5.75 Å². The molecule has 3 aromatic carbocycles. The van der Waals surface area contributed by atoms with Crippen LogP contribution in [-0.4, -0.2) is 57.6 Å². The number of sulfonamides is 1. The zero-order valence-electron chi connectivity index (χ0n) is 21.6. The molecule has 0 saturated carbocycles. The number of carbonyl (C=O) groups is 2. The molecular weight excluding hydrogens is 509 g/mol. The molecule has 0 radical (unpaired) electrons. The molecule has 8 nitrogen and oxygen atoms in total. The third kappa shape index (κ3) is 7.32. The lowest BCUT2D eigenvalue weighted by molar-refractivity contribution is -0.139. The summed E-state index contributed by atoms with van der Waals surface area (Å²) in [6.45, 7) is 1.21. The fourth-order valence-corrected chi connectivity index (χ4v) is 4.92. The first kappa shape index (κ1) is 28.6. The molecule has 0 aliphatic carbocycles. The number of amides is 2. The second-order valence-corrected chi connectivity index (χ2v) is 10.5. The molecule has 3 aromatic rings. The Balaban J connectivity index is 2.06. The van der Waals surface area contributed by atoms with Crippen LogP contribution in [0.15, 0.2) is 78.9 Å². The molecule has 0 aromatic heterocycles. The van der Waals surface area contributed by atoms with Gasteiger partial charge in [0, 0.05) is 25.6 Å². The number of benzene rings is 3. The molecule has 0 aliphatic rings. The van der Waals surface area contributed by atoms with Crippen molar-refractivity contribution in [3.63, 3.8) is 0 Å². The van der Waals surface area contributed by atoms with Gasteiger partial charge in [-0.3, -0.25) is 13.9 Å². The molecule has 0 heterocycles. The summed E-state index contributed by atoms with van der Waals surface area (Å²) >= 11 is 0. The molecule has 0 spiro atoms. The van der Waals surface area contributed by atoms with Gasteiger partial charge in [-0.2, -0.15) is 0 Å². The standard InChI is InChI=1S/C28H32FN3O5S/c1-4-37-26-17-11-10-16-24(26)32(38(3,35)36)20-27(33)31(19-22-14-8-9-15-23(22)29)25(28(34)30-2)18-21-12-6-5-7-13-21/h5-17,25H,4,18-20H2,1-3H3,(H,30,34)/t25-/m1/s1. The summed E-state index contributed by atoms with van der Waals surface area (Å²) in [6.07, 6.45) is 1.14. The van der Waals surface area contributed by atoms with Crippen LogP contribution in [0.1, 0.15) is 18.1 Å². The Morgan fingerprint density at radius 2 is 1.61 bits per heavy atom. The topological polar surface area (TPSA) is 96.0 Å². The highest BCUT2D eigenvalue weighted by Crippen LogP contribution is 2.30. The van der Waals surface area contributed by atoms with Crippen LogP contribution in [0.2, 0.25) is 0 Å². The third-order valence-corrected chi connectivity index (χ3v) is 7.06. The second kappa shape index (κ2) is 13.0. The maximum atomic E-state index is 14.7. The largest absolute Gasteiger partial charge is 0.492 e. The molecule has 10 heteroatoms. The molecule has 202 valence electrons. The minimum absolute atomic E-state index is 0.148. The van der Waals surface area contributed by atoms with Gasteiger partial charge in [0.1, 0.15) is 24.2 Å². The number of halogens is 1. The molecule has 1 atom stereocenters. The first-order chi connectivity index (χ1) is 18.2. The summed E-state index contributed by atoms with van der Waals surface area (Å²) in [7, 11) is -2.50. The molecule has 38 heavy (non-hydrogen) atoms. The van der Waals surface area contributed by atoms with E-state index < -0.39 is 40.2 Å². The van der Waals surface area contributed by atoms with Gasteiger partial charge in [-0.25, -0.2) is 12.8 Å². The van der Waals surface area contributed by atoms with Crippen molar-refractivity contribution < 1.29 is 27.1 Å². The van der Waals surface area contributed by atoms with E-state index in [4.69, 9.17) is 4.74 Å². The maximum absolute atomic E-state index is 14.7. The Kier molecular flexibility index (Phi) is 9.84. The molecule has 0 bridgehead atoms. The van der Waals surface area contributed by atoms with Crippen LogP contribution < -0.4 is 14.4 Å². The second-order valence-electron chi connectivity index (χ2n) is 8.60. The van der Waals surface area contributed by atoms with E-state index in [-0.39, 0.29) is 30.8 Å². The number of hydrogen-bond donors (Lipinski definition) is 1. The van der Waals surface area contributed by atoms with Crippen molar-refractivity contribution in [1.82, 2.24) is 10.2 Å². The van der Waals surface area contributed by atoms with E-state index in [2.05, 4.69) is 5.32 Å². The number of nitrogens with zero attached hydrogens (tertiary/aromatic N) is 2. The average Bonchev–Trinajstić information content (AvgIpc) is 2.90. The predicted octanol–water partition coefficient (Wildman–Crippen LogP) is 3.38. The Bertz CT molecular complexity index is 1350. The van der Waals surface area contributed by atoms with Gasteiger partial charge >= 0.3 is 0 Å². The molecule has 0 fully saturated rings. The van der Waals surface area contributed by atoms with E-state index in [1.807, 2.05) is 30.3 Å². The minimum Gasteiger partial charge on any atom is -0.492 e. The third-order valence-electron chi connectivity index (χ3n) is 5.93. The number of carbonyl (C=O) groups excluding carboxylic acids is 2. The monoisotopic (exact) mass is 541 g/mol. The minimum atomic E-state index is -3.95. The summed E-state index contributed by atoms with van der Waals surface area (Å²) in [5.41, 5.74) is 1.17. The van der Waals surface area contributed by atoms with E-state index in [0.29, 0.717) is 5.75 Å². The highest BCUT2D eigenvalue weighted by Gasteiger charge is 2.33. The molecule has 1 N–H and O–H groups in total. The van der Waals surface area contributed by atoms with Crippen molar-refractivity contribution in [2.45, 2.75) is 25.9 Å². The number of nitrogens with one attached hydrogen (secondary N) is 1. The first-order valence-corrected chi connectivity index (χ1v) is 14.0. The molecule has 0 saturated heterocycles. The highest BCUT2D eigenvalue weighted by molar-refractivity contribution is 7.92. The lowest BCUT2D eigenvalue weighted by Gasteiger charge is -2.33. The normalized spacial score (nSPS) is 11.9. The van der Waals surface area contributed by atoms with Crippen LogP contribution >= 0.6 is 0 Å². The van der Waals surface area contributed by atoms with Gasteiger partial charge in [-0.15, -0.1) is 0 Å². The van der Waals surface area contributed by atoms with Crippen molar-refractivity contribution in [2.75, 3.05) is 30.8 Å². The summed E-state index contributed by atoms with van der Waals surface area (Å²) in [5.74, 6) is -1.38. The van der Waals surface area contributed by atoms with Gasteiger partial charge in [0.15, 0.2) is 0 Å². The fraction of sp³-hybridized carbons (Fsp3) is 0.286. The Morgan fingerprint density at radius 3 is 2.24 bits per heavy atom. The summed E-state index contributed by atoms with van der Waals surface area (Å²) in [6, 6.07) is 20.5. The molecule has 0 unspecified atom stereocenters. The quantitative estimate of drug-likeness (QED) is 0.379. The van der Waals surface area contributed by atoms with Crippen LogP contribution in [-0.2, 0) is 32.6 Å². The van der Waals surface area contributed by atoms with Gasteiger partial charge in [0.05, 0.1) is 18.6 Å². The molecule has 2 amide bonds. The number of likely N-dealkylation sites (N-methyl/N-ethyl adjacent to an activating group) is 1. The number of anilines is 1. The van der Waals surface area contributed by atoms with Crippen molar-refractivity contribution in [3.05, 3.63) is 95.8 Å². The highest BCUT2D eigenvalue weighted by atomic mass is 32.2. The lowest BCUT2D eigenvalue weighted by atomic mass is 10.0. The van der Waals surface area contributed by atoms with Gasteiger partial charge in [0.2, 0.25) is 21.8 Å². The SMILES string of the molecule is CCOc1ccccc1N(CC(=O)N(Cc1ccccc1F)[C@H](Cc1ccccc1)C(=O)NC)S(C)(=O)=O. The van der Waals surface area contributed by atoms with E-state index >= 15 is 0 Å². The Labute approximate surface area is 223 Å². The van der Waals surface area contributed by atoms with Gasteiger partial charge in [-0.05, 0) is 30.7 Å². The zero-order chi connectivity index (χ0) is 27.7. The van der Waals surface area contributed by atoms with Gasteiger partial charge < -0.3 is 15.0 Å². The van der Waals surface area contributed by atoms with Crippen LogP contribution in [0.25, 0.3) is 0 Å². The van der Waals surface area contributed by atoms with Gasteiger partial charge in [0.25, 0.3) is 0 Å². The first-order valence-electron chi connectivity index (χ1n) is 12.1. The average molecular weight is 542 g/mol. The number of ether oxygens (including phenoxy) is 1. The van der Waals surface area contributed by atoms with Crippen LogP contribution in [0, 0.1) is 5.82 Å². The smallest absolute Gasteiger partial charge is 0.244 e. The predicted molar refractivity (Wildman–Crippen MR) is 145 cm³/mol. The van der Waals surface area contributed by atoms with Crippen molar-refractivity contribution >= 4 is 27.5 Å². The van der Waals surface area contributed by atoms with Crippen LogP contribution in [0.3, 0.4) is 0 Å². The maximum Gasteiger partial charge on any atom is 0.244 e. The number of hydrogen-bond acceptors (Lipinski definition) is 5. The number of rotatable bonds is 12. The van der Waals surface area contributed by atoms with E-state index in [1.165, 1.54) is 30.1 Å². The molecule has 0 aliphatic heterocycles. The number of para-hydroxylation sites is 2. The van der Waals surface area contributed by atoms with Crippen molar-refractivity contribution in [1.29, 1.82) is 0 Å². The summed E-state index contributed by atoms with van der Waals surface area (Å²) < 4.78 is 47.0. The van der Waals surface area contributed by atoms with E-state index in [0.717, 1.165) is 16.1 Å². The Morgan fingerprint density at radius 1 is 0.974 bits per heavy atom. The van der Waals surface area contributed by atoms with Crippen molar-refractivity contribution in [2.24, 2.45) is 0 Å². The van der Waals surface area contributed by atoms with E-state index in [9.17, 15) is 22.4 Å². The van der Waals surface area contributed by atoms with E-state index in [1.54, 1.807) is 37.3 Å². The summed E-state index contributed by atoms with van der Waals surface area (Å²) in [4.78, 5) is 28.2. The molecular formula is C28H32FN3O5S. The fourth-order valence-electron chi connectivity index (χ4n) is 4.07. The lowest BCUT2D eigenvalue weighted by Crippen LogP contribution is -2.53.